The lowest BCUT2D eigenvalue weighted by molar-refractivity contribution is -0.136. The minimum atomic E-state index is -0.896. The van der Waals surface area contributed by atoms with Crippen molar-refractivity contribution >= 4 is 46.6 Å². The van der Waals surface area contributed by atoms with Crippen molar-refractivity contribution in [3.05, 3.63) is 43.9 Å². The molecule has 0 aliphatic heterocycles. The average Bonchev–Trinajstić information content (AvgIpc) is 2.80. The van der Waals surface area contributed by atoms with Gasteiger partial charge in [0.2, 0.25) is 0 Å². The monoisotopic (exact) mass is 402 g/mol. The molecule has 0 aromatic heterocycles. The molecule has 1 unspecified atom stereocenters. The summed E-state index contributed by atoms with van der Waals surface area (Å²) in [4.78, 5) is 24.0. The number of allylic oxidation sites excluding steroid dienone is 2. The number of aryl methyl sites for hydroxylation is 1. The molecule has 25 heavy (non-hydrogen) atoms. The number of hydrogen-bond acceptors (Lipinski definition) is 2. The number of benzene rings is 1. The largest absolute Gasteiger partial charge is 0.481 e. The number of fused-ring (bicyclic) bond motifs is 1. The van der Waals surface area contributed by atoms with Crippen molar-refractivity contribution in [1.82, 2.24) is 0 Å². The topological polar surface area (TPSA) is 54.4 Å². The number of ketones is 1. The number of carboxylic acid groups (broad SMARTS) is 1. The summed E-state index contributed by atoms with van der Waals surface area (Å²) >= 11 is 18.7. The first-order valence-electron chi connectivity index (χ1n) is 8.30. The van der Waals surface area contributed by atoms with E-state index in [-0.39, 0.29) is 28.7 Å². The predicted octanol–water partition coefficient (Wildman–Crippen LogP) is 6.07. The zero-order valence-electron chi connectivity index (χ0n) is 14.3. The lowest BCUT2D eigenvalue weighted by Crippen LogP contribution is -2.27. The highest BCUT2D eigenvalue weighted by molar-refractivity contribution is 6.45. The van der Waals surface area contributed by atoms with Crippen LogP contribution < -0.4 is 0 Å². The summed E-state index contributed by atoms with van der Waals surface area (Å²) < 4.78 is 0. The molecular formula is C19H21Cl3O3. The van der Waals surface area contributed by atoms with Gasteiger partial charge in [-0.15, -0.1) is 0 Å². The molecular weight excluding hydrogens is 383 g/mol. The van der Waals surface area contributed by atoms with Crippen LogP contribution in [0.2, 0.25) is 10.0 Å². The van der Waals surface area contributed by atoms with Crippen LogP contribution in [0.4, 0.5) is 0 Å². The fraction of sp³-hybridized carbons (Fsp3) is 0.474. The number of halogens is 3. The molecule has 0 fully saturated rings. The first-order chi connectivity index (χ1) is 11.7. The van der Waals surface area contributed by atoms with Crippen LogP contribution in [0, 0.1) is 5.41 Å². The molecule has 0 spiro atoms. The molecule has 6 heteroatoms. The van der Waals surface area contributed by atoms with Gasteiger partial charge in [0.25, 0.3) is 0 Å². The number of hydrogen-bond donors (Lipinski definition) is 1. The van der Waals surface area contributed by atoms with Crippen LogP contribution in [0.1, 0.15) is 61.0 Å². The molecule has 3 nitrogen and oxygen atoms in total. The van der Waals surface area contributed by atoms with Crippen LogP contribution in [0.25, 0.3) is 0 Å². The van der Waals surface area contributed by atoms with Crippen molar-refractivity contribution < 1.29 is 14.7 Å². The molecule has 1 aliphatic rings. The molecule has 0 amide bonds. The average molecular weight is 404 g/mol. The smallest absolute Gasteiger partial charge is 0.303 e. The summed E-state index contributed by atoms with van der Waals surface area (Å²) in [7, 11) is 0. The third kappa shape index (κ3) is 4.21. The minimum Gasteiger partial charge on any atom is -0.481 e. The molecule has 136 valence electrons. The van der Waals surface area contributed by atoms with Crippen molar-refractivity contribution in [2.45, 2.75) is 52.4 Å². The van der Waals surface area contributed by atoms with Gasteiger partial charge in [-0.25, -0.2) is 0 Å². The second-order valence-electron chi connectivity index (χ2n) is 6.62. The Morgan fingerprint density at radius 1 is 1.36 bits per heavy atom. The second-order valence-corrected chi connectivity index (χ2v) is 7.97. The summed E-state index contributed by atoms with van der Waals surface area (Å²) in [6.07, 6.45) is 4.87. The number of carbonyl (C=O) groups excluding carboxylic acids is 1. The molecule has 0 saturated carbocycles. The van der Waals surface area contributed by atoms with Gasteiger partial charge < -0.3 is 5.11 Å². The van der Waals surface area contributed by atoms with Crippen molar-refractivity contribution in [3.63, 3.8) is 0 Å². The highest BCUT2D eigenvalue weighted by atomic mass is 35.5. The van der Waals surface area contributed by atoms with E-state index in [0.717, 1.165) is 18.4 Å². The van der Waals surface area contributed by atoms with E-state index in [0.29, 0.717) is 29.0 Å². The number of aliphatic carboxylic acids is 1. The highest BCUT2D eigenvalue weighted by Gasteiger charge is 2.45. The number of carbonyl (C=O) groups is 2. The van der Waals surface area contributed by atoms with Gasteiger partial charge in [0, 0.05) is 22.4 Å². The Morgan fingerprint density at radius 3 is 2.60 bits per heavy atom. The number of rotatable bonds is 7. The maximum atomic E-state index is 13.2. The van der Waals surface area contributed by atoms with Crippen molar-refractivity contribution in [3.8, 4) is 0 Å². The Kier molecular flexibility index (Phi) is 6.58. The molecule has 0 bridgehead atoms. The van der Waals surface area contributed by atoms with Gasteiger partial charge in [-0.3, -0.25) is 9.59 Å². The molecule has 0 heterocycles. The van der Waals surface area contributed by atoms with Crippen LogP contribution in [0.15, 0.2) is 17.2 Å². The molecule has 1 aromatic rings. The van der Waals surface area contributed by atoms with Crippen molar-refractivity contribution in [1.29, 1.82) is 0 Å². The fourth-order valence-corrected chi connectivity index (χ4v) is 4.19. The van der Waals surface area contributed by atoms with Crippen LogP contribution in [0.3, 0.4) is 0 Å². The summed E-state index contributed by atoms with van der Waals surface area (Å²) in [5.41, 5.74) is 1.47. The van der Waals surface area contributed by atoms with Gasteiger partial charge in [-0.2, -0.15) is 0 Å². The van der Waals surface area contributed by atoms with Gasteiger partial charge in [0.1, 0.15) is 0 Å². The first-order valence-corrected chi connectivity index (χ1v) is 9.44. The Bertz CT molecular complexity index is 736. The molecule has 1 N–H and O–H groups in total. The zero-order chi connectivity index (χ0) is 18.8. The number of Topliss-reactive ketones (excluding diaryl/α,β-unsaturated/α-hetero) is 1. The Labute approximate surface area is 163 Å². The minimum absolute atomic E-state index is 0.00945. The Hall–Kier alpha value is -1.03. The summed E-state index contributed by atoms with van der Waals surface area (Å²) in [6.45, 7) is 3.84. The molecule has 1 aliphatic carbocycles. The molecule has 1 atom stereocenters. The SMILES string of the molecule is CCCC1(C/C=C(/C)Cl)Cc2cc(CCC(=O)O)c(Cl)c(Cl)c2C1=O. The van der Waals surface area contributed by atoms with Crippen LogP contribution >= 0.6 is 34.8 Å². The zero-order valence-corrected chi connectivity index (χ0v) is 16.6. The van der Waals surface area contributed by atoms with Gasteiger partial charge in [0.05, 0.1) is 10.0 Å². The third-order valence-corrected chi connectivity index (χ3v) is 5.77. The second kappa shape index (κ2) is 8.11. The lowest BCUT2D eigenvalue weighted by Gasteiger charge is -2.25. The summed E-state index contributed by atoms with van der Waals surface area (Å²) in [6, 6.07) is 1.85. The van der Waals surface area contributed by atoms with E-state index >= 15 is 0 Å². The van der Waals surface area contributed by atoms with Crippen LogP contribution in [-0.2, 0) is 17.6 Å². The van der Waals surface area contributed by atoms with E-state index in [9.17, 15) is 9.59 Å². The van der Waals surface area contributed by atoms with E-state index < -0.39 is 11.4 Å². The fourth-order valence-electron chi connectivity index (χ4n) is 3.54. The van der Waals surface area contributed by atoms with Gasteiger partial charge in [-0.05, 0) is 43.7 Å². The highest BCUT2D eigenvalue weighted by Crippen LogP contribution is 2.48. The van der Waals surface area contributed by atoms with Gasteiger partial charge >= 0.3 is 5.97 Å². The molecule has 0 saturated heterocycles. The Morgan fingerprint density at radius 2 is 2.04 bits per heavy atom. The summed E-state index contributed by atoms with van der Waals surface area (Å²) in [5, 5.41) is 10.1. The maximum Gasteiger partial charge on any atom is 0.303 e. The van der Waals surface area contributed by atoms with E-state index in [4.69, 9.17) is 39.9 Å². The molecule has 2 rings (SSSR count). The Balaban J connectivity index is 2.46. The third-order valence-electron chi connectivity index (χ3n) is 4.71. The van der Waals surface area contributed by atoms with Crippen LogP contribution in [0.5, 0.6) is 0 Å². The normalized spacial score (nSPS) is 20.0. The predicted molar refractivity (Wildman–Crippen MR) is 102 cm³/mol. The van der Waals surface area contributed by atoms with Gasteiger partial charge in [-0.1, -0.05) is 60.3 Å². The van der Waals surface area contributed by atoms with E-state index in [1.54, 1.807) is 6.92 Å². The van der Waals surface area contributed by atoms with E-state index in [2.05, 4.69) is 0 Å². The summed E-state index contributed by atoms with van der Waals surface area (Å²) in [5.74, 6) is -0.887. The van der Waals surface area contributed by atoms with Gasteiger partial charge in [0.15, 0.2) is 5.78 Å². The van der Waals surface area contributed by atoms with E-state index in [1.807, 2.05) is 19.1 Å². The molecule has 0 radical (unpaired) electrons. The van der Waals surface area contributed by atoms with Crippen molar-refractivity contribution in [2.24, 2.45) is 5.41 Å². The van der Waals surface area contributed by atoms with Crippen LogP contribution in [-0.4, -0.2) is 16.9 Å². The van der Waals surface area contributed by atoms with Crippen molar-refractivity contribution in [2.75, 3.05) is 0 Å². The standard InChI is InChI=1S/C19H21Cl3O3/c1-3-7-19(8-6-11(2)20)10-13-9-12(4-5-14(23)24)16(21)17(22)15(13)18(19)25/h6,9H,3-5,7-8,10H2,1-2H3,(H,23,24)/b11-6-. The first kappa shape index (κ1) is 20.3. The number of carboxylic acids is 1. The molecule has 1 aromatic carbocycles. The lowest BCUT2D eigenvalue weighted by atomic mass is 9.76. The maximum absolute atomic E-state index is 13.2. The quantitative estimate of drug-likeness (QED) is 0.601. The van der Waals surface area contributed by atoms with E-state index in [1.165, 1.54) is 0 Å².